The van der Waals surface area contributed by atoms with Crippen LogP contribution >= 0.6 is 0 Å². The highest BCUT2D eigenvalue weighted by molar-refractivity contribution is 6.00. The van der Waals surface area contributed by atoms with Gasteiger partial charge in [-0.05, 0) is 80.4 Å². The van der Waals surface area contributed by atoms with Gasteiger partial charge in [0.05, 0.1) is 26.4 Å². The van der Waals surface area contributed by atoms with Crippen LogP contribution < -0.4 is 14.2 Å². The molecule has 4 rings (SSSR count). The van der Waals surface area contributed by atoms with E-state index in [1.165, 1.54) is 10.8 Å². The minimum atomic E-state index is 0.0375. The number of rotatable bonds is 12. The molecule has 0 unspecified atom stereocenters. The maximum atomic E-state index is 13.1. The molecule has 0 N–H and O–H groups in total. The largest absolute Gasteiger partial charge is 0.494 e. The minimum Gasteiger partial charge on any atom is -0.494 e. The van der Waals surface area contributed by atoms with Crippen LogP contribution in [0.4, 0.5) is 0 Å². The van der Waals surface area contributed by atoms with E-state index in [2.05, 4.69) is 48.3 Å². The summed E-state index contributed by atoms with van der Waals surface area (Å²) in [6.07, 6.45) is 3.88. The summed E-state index contributed by atoms with van der Waals surface area (Å²) < 4.78 is 16.9. The zero-order chi connectivity index (χ0) is 24.6. The van der Waals surface area contributed by atoms with Gasteiger partial charge in [-0.25, -0.2) is 0 Å². The first-order chi connectivity index (χ1) is 17.1. The smallest absolute Gasteiger partial charge is 0.258 e. The van der Waals surface area contributed by atoms with Crippen molar-refractivity contribution in [2.45, 2.75) is 25.7 Å². The number of benzene rings is 3. The minimum absolute atomic E-state index is 0.0375. The van der Waals surface area contributed by atoms with Crippen LogP contribution in [0.1, 0.15) is 35.2 Å². The molecule has 3 aromatic carbocycles. The molecule has 0 radical (unpaired) electrons. The van der Waals surface area contributed by atoms with E-state index >= 15 is 0 Å². The van der Waals surface area contributed by atoms with E-state index in [1.807, 2.05) is 23.1 Å². The predicted molar refractivity (Wildman–Crippen MR) is 140 cm³/mol. The van der Waals surface area contributed by atoms with Crippen LogP contribution in [-0.4, -0.2) is 69.8 Å². The zero-order valence-electron chi connectivity index (χ0n) is 21.1. The second-order valence-corrected chi connectivity index (χ2v) is 9.10. The molecule has 1 aliphatic rings. The molecule has 6 heteroatoms. The summed E-state index contributed by atoms with van der Waals surface area (Å²) in [5.41, 5.74) is 1.68. The topological polar surface area (TPSA) is 51.2 Å². The third-order valence-corrected chi connectivity index (χ3v) is 6.68. The monoisotopic (exact) mass is 476 g/mol. The van der Waals surface area contributed by atoms with Gasteiger partial charge in [0.2, 0.25) is 0 Å². The van der Waals surface area contributed by atoms with Gasteiger partial charge in [-0.2, -0.15) is 0 Å². The molecule has 0 spiro atoms. The van der Waals surface area contributed by atoms with Crippen LogP contribution in [0.25, 0.3) is 10.8 Å². The molecule has 1 amide bonds. The Balaban J connectivity index is 1.16. The third-order valence-electron chi connectivity index (χ3n) is 6.68. The first-order valence-electron chi connectivity index (χ1n) is 12.4. The second-order valence-electron chi connectivity index (χ2n) is 9.10. The summed E-state index contributed by atoms with van der Waals surface area (Å²) in [4.78, 5) is 17.4. The van der Waals surface area contributed by atoms with Crippen LogP contribution in [0.3, 0.4) is 0 Å². The highest BCUT2D eigenvalue weighted by atomic mass is 16.5. The van der Waals surface area contributed by atoms with Crippen LogP contribution in [-0.2, 0) is 6.42 Å². The van der Waals surface area contributed by atoms with Crippen molar-refractivity contribution in [1.29, 1.82) is 0 Å². The van der Waals surface area contributed by atoms with Gasteiger partial charge in [0.25, 0.3) is 5.91 Å². The Bertz CT molecular complexity index is 1150. The quantitative estimate of drug-likeness (QED) is 0.343. The predicted octanol–water partition coefficient (Wildman–Crippen LogP) is 5.04. The van der Waals surface area contributed by atoms with Crippen molar-refractivity contribution in [3.05, 3.63) is 65.7 Å². The van der Waals surface area contributed by atoms with Gasteiger partial charge >= 0.3 is 0 Å². The fraction of sp³-hybridized carbons (Fsp3) is 0.414. The van der Waals surface area contributed by atoms with Crippen molar-refractivity contribution in [3.8, 4) is 17.2 Å². The molecule has 35 heavy (non-hydrogen) atoms. The average Bonchev–Trinajstić information content (AvgIpc) is 2.89. The van der Waals surface area contributed by atoms with Crippen molar-refractivity contribution >= 4 is 16.7 Å². The van der Waals surface area contributed by atoms with E-state index in [0.717, 1.165) is 69.8 Å². The van der Waals surface area contributed by atoms with E-state index in [-0.39, 0.29) is 5.91 Å². The lowest BCUT2D eigenvalue weighted by atomic mass is 9.97. The maximum absolute atomic E-state index is 13.1. The molecule has 186 valence electrons. The van der Waals surface area contributed by atoms with Gasteiger partial charge in [0.1, 0.15) is 5.75 Å². The van der Waals surface area contributed by atoms with Crippen molar-refractivity contribution in [2.75, 3.05) is 54.1 Å². The highest BCUT2D eigenvalue weighted by Gasteiger charge is 2.29. The van der Waals surface area contributed by atoms with E-state index < -0.39 is 0 Å². The summed E-state index contributed by atoms with van der Waals surface area (Å²) in [7, 11) is 5.33. The molecular formula is C29H36N2O4. The zero-order valence-corrected chi connectivity index (χ0v) is 21.1. The van der Waals surface area contributed by atoms with Gasteiger partial charge in [-0.15, -0.1) is 0 Å². The summed E-state index contributed by atoms with van der Waals surface area (Å²) in [5.74, 6) is 2.11. The van der Waals surface area contributed by atoms with E-state index in [9.17, 15) is 4.79 Å². The van der Waals surface area contributed by atoms with Crippen molar-refractivity contribution < 1.29 is 19.0 Å². The Morgan fingerprint density at radius 1 is 0.914 bits per heavy atom. The molecule has 0 fully saturated rings. The molecule has 0 atom stereocenters. The molecule has 0 aromatic heterocycles. The number of hydrogen-bond acceptors (Lipinski definition) is 5. The van der Waals surface area contributed by atoms with Crippen LogP contribution in [0.5, 0.6) is 17.2 Å². The average molecular weight is 477 g/mol. The number of unbranched alkanes of at least 4 members (excludes halogenated alkanes) is 1. The molecule has 1 heterocycles. The van der Waals surface area contributed by atoms with E-state index in [0.29, 0.717) is 17.1 Å². The molecule has 0 bridgehead atoms. The van der Waals surface area contributed by atoms with Gasteiger partial charge in [0, 0.05) is 13.1 Å². The molecule has 1 aliphatic heterocycles. The summed E-state index contributed by atoms with van der Waals surface area (Å²) >= 11 is 0. The van der Waals surface area contributed by atoms with E-state index in [1.54, 1.807) is 14.2 Å². The maximum Gasteiger partial charge on any atom is 0.258 e. The van der Waals surface area contributed by atoms with E-state index in [4.69, 9.17) is 14.2 Å². The molecule has 0 saturated carbocycles. The lowest BCUT2D eigenvalue weighted by Gasteiger charge is -2.30. The Morgan fingerprint density at radius 3 is 2.51 bits per heavy atom. The first kappa shape index (κ1) is 24.9. The van der Waals surface area contributed by atoms with Gasteiger partial charge in [-0.3, -0.25) is 4.79 Å². The van der Waals surface area contributed by atoms with Gasteiger partial charge in [-0.1, -0.05) is 36.4 Å². The van der Waals surface area contributed by atoms with Crippen molar-refractivity contribution in [3.63, 3.8) is 0 Å². The highest BCUT2D eigenvalue weighted by Crippen LogP contribution is 2.36. The van der Waals surface area contributed by atoms with Crippen molar-refractivity contribution in [2.24, 2.45) is 0 Å². The Morgan fingerprint density at radius 2 is 1.71 bits per heavy atom. The molecule has 3 aromatic rings. The molecular weight excluding hydrogens is 440 g/mol. The second kappa shape index (κ2) is 11.9. The number of hydrogen-bond donors (Lipinski definition) is 0. The van der Waals surface area contributed by atoms with Crippen LogP contribution in [0.15, 0.2) is 54.6 Å². The first-order valence-corrected chi connectivity index (χ1v) is 12.4. The number of nitrogens with zero attached hydrogens (tertiary/aromatic N) is 2. The number of fused-ring (bicyclic) bond motifs is 2. The Kier molecular flexibility index (Phi) is 8.48. The molecule has 6 nitrogen and oxygen atoms in total. The standard InChI is InChI=1S/C29H36N2O4/c1-30(16-6-7-20-35-25-13-11-22-9-4-5-10-24(22)21-25)17-8-18-31-19-15-23-12-14-26(33-2)28(34-3)27(23)29(31)32/h4-5,9-14,21H,6-8,15-20H2,1-3H3. The van der Waals surface area contributed by atoms with Gasteiger partial charge in [0.15, 0.2) is 11.5 Å². The summed E-state index contributed by atoms with van der Waals surface area (Å²) in [5, 5.41) is 2.44. The third kappa shape index (κ3) is 6.06. The van der Waals surface area contributed by atoms with Crippen molar-refractivity contribution in [1.82, 2.24) is 9.80 Å². The number of methoxy groups -OCH3 is 2. The fourth-order valence-corrected chi connectivity index (χ4v) is 4.71. The molecule has 0 aliphatic carbocycles. The summed E-state index contributed by atoms with van der Waals surface area (Å²) in [6, 6.07) is 18.4. The SMILES string of the molecule is COc1ccc2c(c1OC)C(=O)N(CCCN(C)CCCCOc1ccc3ccccc3c1)CC2. The van der Waals surface area contributed by atoms with Crippen LogP contribution in [0.2, 0.25) is 0 Å². The Labute approximate surface area is 208 Å². The lowest BCUT2D eigenvalue weighted by molar-refractivity contribution is 0.0728. The summed E-state index contributed by atoms with van der Waals surface area (Å²) in [6.45, 7) is 4.19. The fourth-order valence-electron chi connectivity index (χ4n) is 4.71. The lowest BCUT2D eigenvalue weighted by Crippen LogP contribution is -2.39. The molecule has 0 saturated heterocycles. The van der Waals surface area contributed by atoms with Crippen LogP contribution in [0, 0.1) is 0 Å². The normalized spacial score (nSPS) is 13.3. The number of amides is 1. The number of ether oxygens (including phenoxy) is 3. The Hall–Kier alpha value is -3.25. The van der Waals surface area contributed by atoms with Gasteiger partial charge < -0.3 is 24.0 Å². The number of carbonyl (C=O) groups excluding carboxylic acids is 1. The number of carbonyl (C=O) groups is 1.